The van der Waals surface area contributed by atoms with Crippen molar-refractivity contribution in [2.45, 2.75) is 37.3 Å². The molecule has 5 rings (SSSR count). The molecule has 0 saturated heterocycles. The number of nitrogens with zero attached hydrogens (tertiary/aromatic N) is 2. The molecule has 126 valence electrons. The normalized spacial score (nSPS) is 24.7. The van der Waals surface area contributed by atoms with Gasteiger partial charge in [-0.25, -0.2) is 5.10 Å². The van der Waals surface area contributed by atoms with Crippen LogP contribution in [0.25, 0.3) is 0 Å². The van der Waals surface area contributed by atoms with Gasteiger partial charge < -0.3 is 5.32 Å². The molecule has 25 heavy (non-hydrogen) atoms. The van der Waals surface area contributed by atoms with Crippen LogP contribution >= 0.6 is 11.3 Å². The van der Waals surface area contributed by atoms with Crippen molar-refractivity contribution in [3.05, 3.63) is 79.7 Å². The van der Waals surface area contributed by atoms with Crippen molar-refractivity contribution in [3.8, 4) is 0 Å². The molecule has 1 aliphatic carbocycles. The van der Waals surface area contributed by atoms with Crippen LogP contribution in [0.5, 0.6) is 0 Å². The standard InChI is InChI=1S/C19H18N4OS/c24-19-12-7-4-8-13-15(12)18(22-23-19)16(14-9-20-10-25-14)17(21-13)11-5-2-1-3-6-11/h1-3,5-6,9-10,13,16-17,21H,4,7-8H2,(H,23,24). The van der Waals surface area contributed by atoms with Gasteiger partial charge in [-0.05, 0) is 24.8 Å². The Hall–Kier alpha value is -2.31. The first-order chi connectivity index (χ1) is 12.3. The van der Waals surface area contributed by atoms with E-state index in [0.29, 0.717) is 0 Å². The van der Waals surface area contributed by atoms with E-state index in [1.54, 1.807) is 11.3 Å². The summed E-state index contributed by atoms with van der Waals surface area (Å²) in [6.45, 7) is 0. The third-order valence-electron chi connectivity index (χ3n) is 5.35. The molecule has 3 atom stereocenters. The highest BCUT2D eigenvalue weighted by Crippen LogP contribution is 2.47. The Labute approximate surface area is 149 Å². The molecule has 0 spiro atoms. The molecule has 1 aliphatic heterocycles. The van der Waals surface area contributed by atoms with Crippen LogP contribution in [0.3, 0.4) is 0 Å². The van der Waals surface area contributed by atoms with Crippen molar-refractivity contribution in [1.29, 1.82) is 0 Å². The maximum Gasteiger partial charge on any atom is 0.267 e. The third-order valence-corrected chi connectivity index (χ3v) is 6.21. The van der Waals surface area contributed by atoms with Gasteiger partial charge in [-0.1, -0.05) is 30.3 Å². The van der Waals surface area contributed by atoms with Gasteiger partial charge in [0.05, 0.1) is 17.1 Å². The number of aromatic nitrogens is 3. The lowest BCUT2D eigenvalue weighted by molar-refractivity contribution is 0.338. The van der Waals surface area contributed by atoms with Gasteiger partial charge in [-0.2, -0.15) is 5.10 Å². The molecule has 2 aromatic heterocycles. The number of benzene rings is 1. The summed E-state index contributed by atoms with van der Waals surface area (Å²) in [5.74, 6) is 0.0647. The molecule has 5 nitrogen and oxygen atoms in total. The van der Waals surface area contributed by atoms with Crippen LogP contribution < -0.4 is 10.9 Å². The monoisotopic (exact) mass is 350 g/mol. The highest BCUT2D eigenvalue weighted by Gasteiger charge is 2.41. The van der Waals surface area contributed by atoms with Gasteiger partial charge in [0.2, 0.25) is 0 Å². The van der Waals surface area contributed by atoms with E-state index in [2.05, 4.69) is 44.8 Å². The lowest BCUT2D eigenvalue weighted by Crippen LogP contribution is -2.41. The zero-order chi connectivity index (χ0) is 16.8. The van der Waals surface area contributed by atoms with Gasteiger partial charge in [-0.15, -0.1) is 11.3 Å². The Morgan fingerprint density at radius 3 is 2.88 bits per heavy atom. The van der Waals surface area contributed by atoms with E-state index in [0.717, 1.165) is 36.1 Å². The summed E-state index contributed by atoms with van der Waals surface area (Å²) in [5, 5.41) is 11.1. The molecule has 0 fully saturated rings. The highest BCUT2D eigenvalue weighted by atomic mass is 32.1. The molecule has 0 radical (unpaired) electrons. The molecule has 0 bridgehead atoms. The molecule has 3 heterocycles. The van der Waals surface area contributed by atoms with E-state index in [1.165, 1.54) is 10.4 Å². The predicted molar refractivity (Wildman–Crippen MR) is 96.8 cm³/mol. The Balaban J connectivity index is 1.75. The van der Waals surface area contributed by atoms with E-state index in [1.807, 2.05) is 17.8 Å². The second-order valence-electron chi connectivity index (χ2n) is 6.71. The minimum absolute atomic E-state index is 0.0357. The number of hydrogen-bond acceptors (Lipinski definition) is 5. The average molecular weight is 350 g/mol. The molecule has 6 heteroatoms. The van der Waals surface area contributed by atoms with Crippen LogP contribution in [-0.2, 0) is 6.42 Å². The highest BCUT2D eigenvalue weighted by molar-refractivity contribution is 7.09. The van der Waals surface area contributed by atoms with Crippen molar-refractivity contribution in [2.75, 3.05) is 0 Å². The lowest BCUT2D eigenvalue weighted by atomic mass is 9.76. The lowest BCUT2D eigenvalue weighted by Gasteiger charge is -2.40. The van der Waals surface area contributed by atoms with Crippen LogP contribution in [0.4, 0.5) is 0 Å². The second-order valence-corrected chi connectivity index (χ2v) is 7.63. The number of thiazole rings is 1. The smallest absolute Gasteiger partial charge is 0.267 e. The van der Waals surface area contributed by atoms with Crippen molar-refractivity contribution in [3.63, 3.8) is 0 Å². The number of nitrogens with one attached hydrogen (secondary N) is 2. The fourth-order valence-corrected chi connectivity index (χ4v) is 5.04. The first kappa shape index (κ1) is 15.0. The molecule has 3 unspecified atom stereocenters. The molecule has 3 aromatic rings. The zero-order valence-electron chi connectivity index (χ0n) is 13.6. The fourth-order valence-electron chi connectivity index (χ4n) is 4.28. The van der Waals surface area contributed by atoms with Crippen LogP contribution in [0.15, 0.2) is 46.8 Å². The molecule has 1 aromatic carbocycles. The summed E-state index contributed by atoms with van der Waals surface area (Å²) < 4.78 is 0. The number of rotatable bonds is 2. The van der Waals surface area contributed by atoms with Gasteiger partial charge >= 0.3 is 0 Å². The molecule has 0 amide bonds. The number of aromatic amines is 1. The largest absolute Gasteiger partial charge is 0.302 e. The first-order valence-electron chi connectivity index (χ1n) is 8.63. The Morgan fingerprint density at radius 2 is 2.08 bits per heavy atom. The second kappa shape index (κ2) is 5.89. The molecule has 2 aliphatic rings. The minimum Gasteiger partial charge on any atom is -0.302 e. The maximum atomic E-state index is 12.3. The molecule has 0 saturated carbocycles. The average Bonchev–Trinajstić information content (AvgIpc) is 3.19. The Morgan fingerprint density at radius 1 is 1.20 bits per heavy atom. The van der Waals surface area contributed by atoms with Crippen molar-refractivity contribution in [2.24, 2.45) is 0 Å². The van der Waals surface area contributed by atoms with Gasteiger partial charge in [0.1, 0.15) is 0 Å². The van der Waals surface area contributed by atoms with Gasteiger partial charge in [0, 0.05) is 34.3 Å². The van der Waals surface area contributed by atoms with Crippen molar-refractivity contribution < 1.29 is 0 Å². The van der Waals surface area contributed by atoms with E-state index < -0.39 is 0 Å². The van der Waals surface area contributed by atoms with Crippen LogP contribution in [0, 0.1) is 0 Å². The predicted octanol–water partition coefficient (Wildman–Crippen LogP) is 3.08. The molecule has 2 N–H and O–H groups in total. The van der Waals surface area contributed by atoms with Crippen molar-refractivity contribution in [1.82, 2.24) is 20.5 Å². The molecular formula is C19H18N4OS. The summed E-state index contributed by atoms with van der Waals surface area (Å²) in [6, 6.07) is 10.8. The van der Waals surface area contributed by atoms with E-state index in [4.69, 9.17) is 0 Å². The summed E-state index contributed by atoms with van der Waals surface area (Å²) in [6.07, 6.45) is 4.84. The Kier molecular flexibility index (Phi) is 3.53. The SMILES string of the molecule is O=c1[nH]nc2c3c1CCCC3NC(c1ccccc1)C2c1cncs1. The number of H-pyrrole nitrogens is 1. The third kappa shape index (κ3) is 2.36. The summed E-state index contributed by atoms with van der Waals surface area (Å²) in [7, 11) is 0. The van der Waals surface area contributed by atoms with E-state index in [-0.39, 0.29) is 23.6 Å². The van der Waals surface area contributed by atoms with Gasteiger partial charge in [-0.3, -0.25) is 9.78 Å². The van der Waals surface area contributed by atoms with E-state index in [9.17, 15) is 4.79 Å². The Bertz CT molecular complexity index is 951. The van der Waals surface area contributed by atoms with Crippen molar-refractivity contribution >= 4 is 11.3 Å². The van der Waals surface area contributed by atoms with Gasteiger partial charge in [0.15, 0.2) is 0 Å². The zero-order valence-corrected chi connectivity index (χ0v) is 14.4. The van der Waals surface area contributed by atoms with E-state index >= 15 is 0 Å². The quantitative estimate of drug-likeness (QED) is 0.745. The van der Waals surface area contributed by atoms with Gasteiger partial charge in [0.25, 0.3) is 5.56 Å². The first-order valence-corrected chi connectivity index (χ1v) is 9.51. The summed E-state index contributed by atoms with van der Waals surface area (Å²) in [4.78, 5) is 17.7. The summed E-state index contributed by atoms with van der Waals surface area (Å²) in [5.41, 5.74) is 6.12. The minimum atomic E-state index is -0.0357. The van der Waals surface area contributed by atoms with Crippen LogP contribution in [-0.4, -0.2) is 15.2 Å². The topological polar surface area (TPSA) is 70.7 Å². The maximum absolute atomic E-state index is 12.3. The summed E-state index contributed by atoms with van der Waals surface area (Å²) >= 11 is 1.65. The fraction of sp³-hybridized carbons (Fsp3) is 0.316. The van der Waals surface area contributed by atoms with Crippen LogP contribution in [0.2, 0.25) is 0 Å². The number of hydrogen-bond donors (Lipinski definition) is 2. The molecular weight excluding hydrogens is 332 g/mol. The van der Waals surface area contributed by atoms with Crippen LogP contribution in [0.1, 0.15) is 58.1 Å².